The van der Waals surface area contributed by atoms with Gasteiger partial charge in [0, 0.05) is 6.20 Å². The zero-order chi connectivity index (χ0) is 8.97. The minimum Gasteiger partial charge on any atom is -0.496 e. The predicted molar refractivity (Wildman–Crippen MR) is 46.7 cm³/mol. The topological polar surface area (TPSA) is 31.4 Å². The third-order valence-electron chi connectivity index (χ3n) is 1.61. The highest BCUT2D eigenvalue weighted by Gasteiger charge is 2.04. The number of nitrogens with zero attached hydrogens (tertiary/aromatic N) is 1. The summed E-state index contributed by atoms with van der Waals surface area (Å²) in [6.07, 6.45) is 1.68. The molecule has 1 aromatic heterocycles. The molecule has 12 heavy (non-hydrogen) atoms. The third-order valence-corrected chi connectivity index (χ3v) is 1.61. The molecule has 1 rings (SSSR count). The normalized spacial score (nSPS) is 9.58. The van der Waals surface area contributed by atoms with Crippen molar-refractivity contribution < 1.29 is 9.47 Å². The first-order chi connectivity index (χ1) is 5.79. The number of hydrogen-bond donors (Lipinski definition) is 0. The van der Waals surface area contributed by atoms with E-state index in [0.717, 1.165) is 11.3 Å². The van der Waals surface area contributed by atoms with Crippen LogP contribution in [0.2, 0.25) is 0 Å². The molecule has 0 saturated carbocycles. The van der Waals surface area contributed by atoms with Crippen LogP contribution < -0.4 is 9.47 Å². The lowest BCUT2D eigenvalue weighted by atomic mass is 10.3. The van der Waals surface area contributed by atoms with Crippen molar-refractivity contribution in [1.29, 1.82) is 0 Å². The third kappa shape index (κ3) is 1.67. The molecule has 0 spiro atoms. The molecule has 0 atom stereocenters. The molecule has 3 heteroatoms. The van der Waals surface area contributed by atoms with Crippen molar-refractivity contribution in [3.63, 3.8) is 0 Å². The first-order valence-corrected chi connectivity index (χ1v) is 3.92. The fraction of sp³-hybridized carbons (Fsp3) is 0.444. The first-order valence-electron chi connectivity index (χ1n) is 3.92. The van der Waals surface area contributed by atoms with Gasteiger partial charge in [-0.2, -0.15) is 0 Å². The van der Waals surface area contributed by atoms with Crippen molar-refractivity contribution in [3.8, 4) is 11.6 Å². The molecule has 0 aliphatic heterocycles. The quantitative estimate of drug-likeness (QED) is 0.687. The van der Waals surface area contributed by atoms with Crippen LogP contribution >= 0.6 is 0 Å². The Morgan fingerprint density at radius 1 is 1.50 bits per heavy atom. The Hall–Kier alpha value is -1.25. The van der Waals surface area contributed by atoms with Crippen LogP contribution in [0.1, 0.15) is 12.5 Å². The van der Waals surface area contributed by atoms with E-state index in [4.69, 9.17) is 9.47 Å². The summed E-state index contributed by atoms with van der Waals surface area (Å²) in [5.74, 6) is 1.46. The minimum absolute atomic E-state index is 0.626. The number of pyridine rings is 1. The molecular weight excluding hydrogens is 154 g/mol. The summed E-state index contributed by atoms with van der Waals surface area (Å²) >= 11 is 0. The van der Waals surface area contributed by atoms with Gasteiger partial charge in [-0.25, -0.2) is 4.98 Å². The van der Waals surface area contributed by atoms with Gasteiger partial charge in [-0.15, -0.1) is 0 Å². The molecule has 3 nitrogen and oxygen atoms in total. The van der Waals surface area contributed by atoms with Crippen LogP contribution in [0.3, 0.4) is 0 Å². The standard InChI is InChI=1S/C9H13NO2/c1-4-12-9-7(2)8(11-3)5-6-10-9/h5-6H,4H2,1-3H3. The SMILES string of the molecule is CCOc1nccc(OC)c1C. The predicted octanol–water partition coefficient (Wildman–Crippen LogP) is 1.80. The van der Waals surface area contributed by atoms with E-state index < -0.39 is 0 Å². The second kappa shape index (κ2) is 3.95. The van der Waals surface area contributed by atoms with E-state index in [9.17, 15) is 0 Å². The maximum Gasteiger partial charge on any atom is 0.219 e. The summed E-state index contributed by atoms with van der Waals surface area (Å²) < 4.78 is 10.4. The molecular formula is C9H13NO2. The monoisotopic (exact) mass is 167 g/mol. The van der Waals surface area contributed by atoms with Crippen LogP contribution in [0.5, 0.6) is 11.6 Å². The minimum atomic E-state index is 0.626. The van der Waals surface area contributed by atoms with Crippen molar-refractivity contribution in [2.75, 3.05) is 13.7 Å². The van der Waals surface area contributed by atoms with Gasteiger partial charge in [0.05, 0.1) is 19.3 Å². The van der Waals surface area contributed by atoms with Gasteiger partial charge in [-0.05, 0) is 19.9 Å². The molecule has 0 radical (unpaired) electrons. The molecule has 0 N–H and O–H groups in total. The van der Waals surface area contributed by atoms with E-state index in [0.29, 0.717) is 12.5 Å². The second-order valence-corrected chi connectivity index (χ2v) is 2.38. The zero-order valence-electron chi connectivity index (χ0n) is 7.63. The summed E-state index contributed by atoms with van der Waals surface area (Å²) in [5, 5.41) is 0. The largest absolute Gasteiger partial charge is 0.496 e. The van der Waals surface area contributed by atoms with Gasteiger partial charge in [0.2, 0.25) is 5.88 Å². The van der Waals surface area contributed by atoms with Crippen LogP contribution in [0.15, 0.2) is 12.3 Å². The first kappa shape index (κ1) is 8.84. The number of methoxy groups -OCH3 is 1. The summed E-state index contributed by atoms with van der Waals surface area (Å²) in [7, 11) is 1.64. The molecule has 0 aliphatic rings. The molecule has 0 amide bonds. The van der Waals surface area contributed by atoms with Crippen molar-refractivity contribution in [3.05, 3.63) is 17.8 Å². The van der Waals surface area contributed by atoms with E-state index in [1.54, 1.807) is 13.3 Å². The van der Waals surface area contributed by atoms with Crippen LogP contribution in [-0.2, 0) is 0 Å². The van der Waals surface area contributed by atoms with Gasteiger partial charge >= 0.3 is 0 Å². The summed E-state index contributed by atoms with van der Waals surface area (Å²) in [4.78, 5) is 4.07. The van der Waals surface area contributed by atoms with Crippen molar-refractivity contribution >= 4 is 0 Å². The Morgan fingerprint density at radius 3 is 2.83 bits per heavy atom. The zero-order valence-corrected chi connectivity index (χ0v) is 7.63. The maximum absolute atomic E-state index is 5.29. The van der Waals surface area contributed by atoms with Gasteiger partial charge in [0.25, 0.3) is 0 Å². The van der Waals surface area contributed by atoms with Crippen molar-refractivity contribution in [1.82, 2.24) is 4.98 Å². The molecule has 0 bridgehead atoms. The molecule has 66 valence electrons. The lowest BCUT2D eigenvalue weighted by Gasteiger charge is -2.08. The Labute approximate surface area is 72.3 Å². The van der Waals surface area contributed by atoms with E-state index in [2.05, 4.69) is 4.98 Å². The van der Waals surface area contributed by atoms with Crippen LogP contribution in [-0.4, -0.2) is 18.7 Å². The van der Waals surface area contributed by atoms with Gasteiger partial charge in [0.1, 0.15) is 5.75 Å². The van der Waals surface area contributed by atoms with Crippen LogP contribution in [0.4, 0.5) is 0 Å². The van der Waals surface area contributed by atoms with E-state index in [-0.39, 0.29) is 0 Å². The van der Waals surface area contributed by atoms with Crippen molar-refractivity contribution in [2.45, 2.75) is 13.8 Å². The summed E-state index contributed by atoms with van der Waals surface area (Å²) in [5.41, 5.74) is 0.946. The summed E-state index contributed by atoms with van der Waals surface area (Å²) in [6, 6.07) is 1.82. The Kier molecular flexibility index (Phi) is 2.91. The highest BCUT2D eigenvalue weighted by atomic mass is 16.5. The van der Waals surface area contributed by atoms with Gasteiger partial charge in [0.15, 0.2) is 0 Å². The Balaban J connectivity index is 2.97. The van der Waals surface area contributed by atoms with Gasteiger partial charge in [-0.1, -0.05) is 0 Å². The molecule has 1 heterocycles. The molecule has 0 saturated heterocycles. The fourth-order valence-electron chi connectivity index (χ4n) is 1.00. The molecule has 1 aromatic rings. The molecule has 0 fully saturated rings. The van der Waals surface area contributed by atoms with E-state index in [1.165, 1.54) is 0 Å². The smallest absolute Gasteiger partial charge is 0.219 e. The van der Waals surface area contributed by atoms with Crippen LogP contribution in [0.25, 0.3) is 0 Å². The number of aromatic nitrogens is 1. The number of ether oxygens (including phenoxy) is 2. The van der Waals surface area contributed by atoms with Crippen LogP contribution in [0, 0.1) is 6.92 Å². The summed E-state index contributed by atoms with van der Waals surface area (Å²) in [6.45, 7) is 4.48. The average Bonchev–Trinajstić information content (AvgIpc) is 2.09. The number of hydrogen-bond acceptors (Lipinski definition) is 3. The van der Waals surface area contributed by atoms with E-state index in [1.807, 2.05) is 19.9 Å². The lowest BCUT2D eigenvalue weighted by molar-refractivity contribution is 0.319. The lowest BCUT2D eigenvalue weighted by Crippen LogP contribution is -1.98. The average molecular weight is 167 g/mol. The molecule has 0 aromatic carbocycles. The number of rotatable bonds is 3. The van der Waals surface area contributed by atoms with E-state index >= 15 is 0 Å². The maximum atomic E-state index is 5.29. The fourth-order valence-corrected chi connectivity index (χ4v) is 1.00. The van der Waals surface area contributed by atoms with Crippen molar-refractivity contribution in [2.24, 2.45) is 0 Å². The highest BCUT2D eigenvalue weighted by molar-refractivity contribution is 5.38. The molecule has 0 unspecified atom stereocenters. The molecule has 0 aliphatic carbocycles. The van der Waals surface area contributed by atoms with Gasteiger partial charge < -0.3 is 9.47 Å². The Morgan fingerprint density at radius 2 is 2.25 bits per heavy atom. The van der Waals surface area contributed by atoms with Gasteiger partial charge in [-0.3, -0.25) is 0 Å². The second-order valence-electron chi connectivity index (χ2n) is 2.38. The Bertz CT molecular complexity index is 261. The highest BCUT2D eigenvalue weighted by Crippen LogP contribution is 2.23.